The molecule has 0 aliphatic rings. The number of nitrogens with one attached hydrogen (secondary N) is 1. The minimum Gasteiger partial charge on any atom is -0.493 e. The molecule has 1 heterocycles. The predicted molar refractivity (Wildman–Crippen MR) is 96.1 cm³/mol. The maximum atomic E-state index is 13.6. The van der Waals surface area contributed by atoms with Gasteiger partial charge in [-0.2, -0.15) is 4.80 Å². The summed E-state index contributed by atoms with van der Waals surface area (Å²) >= 11 is 0. The van der Waals surface area contributed by atoms with Crippen LogP contribution in [-0.4, -0.2) is 40.3 Å². The van der Waals surface area contributed by atoms with Crippen LogP contribution in [0, 0.1) is 12.7 Å². The van der Waals surface area contributed by atoms with Gasteiger partial charge in [0.2, 0.25) is 11.7 Å². The number of hydrogen-bond donors (Lipinski definition) is 1. The largest absolute Gasteiger partial charge is 0.493 e. The Morgan fingerprint density at radius 1 is 1.15 bits per heavy atom. The Bertz CT molecular complexity index is 973. The van der Waals surface area contributed by atoms with Crippen LogP contribution in [0.5, 0.6) is 11.5 Å². The van der Waals surface area contributed by atoms with Crippen LogP contribution < -0.4 is 14.8 Å². The summed E-state index contributed by atoms with van der Waals surface area (Å²) in [6.45, 7) is 1.49. The van der Waals surface area contributed by atoms with E-state index in [-0.39, 0.29) is 12.4 Å². The third-order valence-corrected chi connectivity index (χ3v) is 3.84. The van der Waals surface area contributed by atoms with Crippen molar-refractivity contribution >= 4 is 11.6 Å². The third kappa shape index (κ3) is 4.20. The maximum Gasteiger partial charge on any atom is 0.248 e. The van der Waals surface area contributed by atoms with Gasteiger partial charge in [0, 0.05) is 11.3 Å². The Morgan fingerprint density at radius 2 is 1.93 bits per heavy atom. The molecule has 8 nitrogen and oxygen atoms in total. The van der Waals surface area contributed by atoms with Gasteiger partial charge in [-0.15, -0.1) is 10.2 Å². The van der Waals surface area contributed by atoms with Crippen molar-refractivity contribution in [1.82, 2.24) is 20.2 Å². The van der Waals surface area contributed by atoms with E-state index in [0.717, 1.165) is 4.80 Å². The van der Waals surface area contributed by atoms with Gasteiger partial charge in [-0.25, -0.2) is 4.39 Å². The molecule has 3 rings (SSSR count). The molecule has 0 saturated heterocycles. The number of amides is 1. The summed E-state index contributed by atoms with van der Waals surface area (Å²) in [4.78, 5) is 13.3. The number of tetrazole rings is 1. The highest BCUT2D eigenvalue weighted by atomic mass is 19.1. The van der Waals surface area contributed by atoms with Gasteiger partial charge in [0.25, 0.3) is 0 Å². The molecule has 3 aromatic rings. The van der Waals surface area contributed by atoms with E-state index in [0.29, 0.717) is 34.1 Å². The summed E-state index contributed by atoms with van der Waals surface area (Å²) in [5.41, 5.74) is 1.54. The molecule has 1 amide bonds. The van der Waals surface area contributed by atoms with Crippen LogP contribution >= 0.6 is 0 Å². The lowest BCUT2D eigenvalue weighted by Crippen LogP contribution is -2.20. The van der Waals surface area contributed by atoms with Crippen LogP contribution in [0.2, 0.25) is 0 Å². The summed E-state index contributed by atoms with van der Waals surface area (Å²) in [6, 6.07) is 9.69. The normalized spacial score (nSPS) is 10.5. The van der Waals surface area contributed by atoms with E-state index in [4.69, 9.17) is 9.47 Å². The number of rotatable bonds is 6. The van der Waals surface area contributed by atoms with Gasteiger partial charge < -0.3 is 14.8 Å². The van der Waals surface area contributed by atoms with Gasteiger partial charge in [-0.3, -0.25) is 4.79 Å². The number of carbonyl (C=O) groups is 1. The minimum absolute atomic E-state index is 0.157. The molecule has 0 fully saturated rings. The molecule has 0 atom stereocenters. The lowest BCUT2D eigenvalue weighted by atomic mass is 10.2. The number of nitrogens with zero attached hydrogens (tertiary/aromatic N) is 4. The van der Waals surface area contributed by atoms with Crippen LogP contribution in [0.1, 0.15) is 5.56 Å². The number of aromatic nitrogens is 4. The number of methoxy groups -OCH3 is 2. The Hall–Kier alpha value is -3.49. The van der Waals surface area contributed by atoms with Gasteiger partial charge in [0.1, 0.15) is 12.4 Å². The summed E-state index contributed by atoms with van der Waals surface area (Å²) in [5.74, 6) is 0.672. The molecule has 0 saturated carbocycles. The van der Waals surface area contributed by atoms with Crippen molar-refractivity contribution in [1.29, 1.82) is 0 Å². The molecule has 0 aliphatic carbocycles. The van der Waals surface area contributed by atoms with Crippen LogP contribution in [0.15, 0.2) is 36.4 Å². The van der Waals surface area contributed by atoms with E-state index in [9.17, 15) is 9.18 Å². The topological polar surface area (TPSA) is 91.2 Å². The fourth-order valence-corrected chi connectivity index (χ4v) is 2.40. The average molecular weight is 371 g/mol. The molecule has 1 aromatic heterocycles. The second-order valence-corrected chi connectivity index (χ2v) is 5.73. The monoisotopic (exact) mass is 371 g/mol. The quantitative estimate of drug-likeness (QED) is 0.716. The van der Waals surface area contributed by atoms with Crippen molar-refractivity contribution in [2.75, 3.05) is 19.5 Å². The predicted octanol–water partition coefficient (Wildman–Crippen LogP) is 2.44. The highest BCUT2D eigenvalue weighted by Gasteiger charge is 2.13. The zero-order valence-electron chi connectivity index (χ0n) is 15.1. The summed E-state index contributed by atoms with van der Waals surface area (Å²) in [5, 5.41) is 14.6. The van der Waals surface area contributed by atoms with Crippen molar-refractivity contribution in [3.8, 4) is 22.9 Å². The van der Waals surface area contributed by atoms with Gasteiger partial charge in [-0.05, 0) is 48.0 Å². The van der Waals surface area contributed by atoms with Crippen molar-refractivity contribution in [3.63, 3.8) is 0 Å². The van der Waals surface area contributed by atoms with Crippen LogP contribution in [0.4, 0.5) is 10.1 Å². The molecule has 140 valence electrons. The SMILES string of the molecule is COc1ccc(-c2nnn(CC(=O)Nc3ccc(C)c(F)c3)n2)cc1OC. The first-order valence-electron chi connectivity index (χ1n) is 8.06. The summed E-state index contributed by atoms with van der Waals surface area (Å²) < 4.78 is 24.0. The molecule has 0 bridgehead atoms. The lowest BCUT2D eigenvalue weighted by molar-refractivity contribution is -0.117. The molecule has 0 spiro atoms. The zero-order valence-corrected chi connectivity index (χ0v) is 15.1. The highest BCUT2D eigenvalue weighted by molar-refractivity contribution is 5.90. The summed E-state index contributed by atoms with van der Waals surface area (Å²) in [6.07, 6.45) is 0. The molecule has 27 heavy (non-hydrogen) atoms. The molecular weight excluding hydrogens is 353 g/mol. The van der Waals surface area contributed by atoms with Crippen molar-refractivity contribution in [3.05, 3.63) is 47.8 Å². The molecule has 9 heteroatoms. The van der Waals surface area contributed by atoms with Crippen molar-refractivity contribution in [2.24, 2.45) is 0 Å². The van der Waals surface area contributed by atoms with Crippen LogP contribution in [0.25, 0.3) is 11.4 Å². The van der Waals surface area contributed by atoms with Gasteiger partial charge >= 0.3 is 0 Å². The molecule has 0 radical (unpaired) electrons. The number of halogens is 1. The smallest absolute Gasteiger partial charge is 0.248 e. The first-order chi connectivity index (χ1) is 13.0. The number of carbonyl (C=O) groups excluding carboxylic acids is 1. The van der Waals surface area contributed by atoms with Gasteiger partial charge in [0.15, 0.2) is 11.5 Å². The minimum atomic E-state index is -0.394. The first-order valence-corrected chi connectivity index (χ1v) is 8.06. The van der Waals surface area contributed by atoms with E-state index >= 15 is 0 Å². The van der Waals surface area contributed by atoms with E-state index < -0.39 is 5.91 Å². The zero-order chi connectivity index (χ0) is 19.4. The van der Waals surface area contributed by atoms with Gasteiger partial charge in [-0.1, -0.05) is 6.07 Å². The standard InChI is InChI=1S/C18H18FN5O3/c1-11-4-6-13(9-14(11)19)20-17(25)10-24-22-18(21-23-24)12-5-7-15(26-2)16(8-12)27-3/h4-9H,10H2,1-3H3,(H,20,25). The Labute approximate surface area is 154 Å². The van der Waals surface area contributed by atoms with Crippen LogP contribution in [-0.2, 0) is 11.3 Å². The Morgan fingerprint density at radius 3 is 2.63 bits per heavy atom. The molecular formula is C18H18FN5O3. The average Bonchev–Trinajstić information content (AvgIpc) is 3.12. The first kappa shape index (κ1) is 18.3. The van der Waals surface area contributed by atoms with E-state index in [1.54, 1.807) is 44.4 Å². The maximum absolute atomic E-state index is 13.6. The fraction of sp³-hybridized carbons (Fsp3) is 0.222. The van der Waals surface area contributed by atoms with Crippen molar-refractivity contribution in [2.45, 2.75) is 13.5 Å². The highest BCUT2D eigenvalue weighted by Crippen LogP contribution is 2.30. The number of anilines is 1. The molecule has 2 aromatic carbocycles. The number of benzene rings is 2. The second kappa shape index (κ2) is 7.81. The van der Waals surface area contributed by atoms with Gasteiger partial charge in [0.05, 0.1) is 14.2 Å². The number of hydrogen-bond acceptors (Lipinski definition) is 6. The summed E-state index contributed by atoms with van der Waals surface area (Å²) in [7, 11) is 3.08. The number of ether oxygens (including phenoxy) is 2. The third-order valence-electron chi connectivity index (χ3n) is 3.84. The fourth-order valence-electron chi connectivity index (χ4n) is 2.40. The molecule has 0 aliphatic heterocycles. The van der Waals surface area contributed by atoms with Crippen LogP contribution in [0.3, 0.4) is 0 Å². The van der Waals surface area contributed by atoms with E-state index in [2.05, 4.69) is 20.7 Å². The Balaban J connectivity index is 1.70. The second-order valence-electron chi connectivity index (χ2n) is 5.73. The molecule has 1 N–H and O–H groups in total. The van der Waals surface area contributed by atoms with E-state index in [1.165, 1.54) is 13.2 Å². The number of aryl methyl sites for hydroxylation is 1. The Kier molecular flexibility index (Phi) is 5.30. The lowest BCUT2D eigenvalue weighted by Gasteiger charge is -2.07. The van der Waals surface area contributed by atoms with Crippen molar-refractivity contribution < 1.29 is 18.7 Å². The van der Waals surface area contributed by atoms with E-state index in [1.807, 2.05) is 0 Å². The molecule has 0 unspecified atom stereocenters.